The lowest BCUT2D eigenvalue weighted by Crippen LogP contribution is -2.61. The molecule has 2 aromatic carbocycles. The van der Waals surface area contributed by atoms with Gasteiger partial charge in [-0.05, 0) is 54.6 Å². The van der Waals surface area contributed by atoms with Gasteiger partial charge in [0, 0.05) is 5.56 Å². The molecule has 1 saturated heterocycles. The summed E-state index contributed by atoms with van der Waals surface area (Å²) in [5, 5.41) is 47.6. The number of rotatable bonds is 6. The van der Waals surface area contributed by atoms with Gasteiger partial charge < -0.3 is 29.9 Å². The molecular weight excluding hydrogens is 539 g/mol. The van der Waals surface area contributed by atoms with Crippen LogP contribution in [0.2, 0.25) is 0 Å². The highest BCUT2D eigenvalue weighted by Crippen LogP contribution is 2.34. The maximum Gasteiger partial charge on any atom is 0.435 e. The zero-order valence-corrected chi connectivity index (χ0v) is 19.7. The number of carboxylic acids is 1. The summed E-state index contributed by atoms with van der Waals surface area (Å²) in [4.78, 5) is 11.0. The Hall–Kier alpha value is -3.54. The Morgan fingerprint density at radius 2 is 1.61 bits per heavy atom. The van der Waals surface area contributed by atoms with Gasteiger partial charge in [0.2, 0.25) is 16.3 Å². The molecule has 1 aliphatic heterocycles. The minimum Gasteiger partial charge on any atom is -0.479 e. The number of aliphatic hydroxyl groups excluding tert-OH is 3. The first-order valence-corrected chi connectivity index (χ1v) is 12.2. The maximum atomic E-state index is 13.4. The smallest absolute Gasteiger partial charge is 0.435 e. The molecule has 4 rings (SSSR count). The van der Waals surface area contributed by atoms with Crippen molar-refractivity contribution < 1.29 is 56.3 Å². The third-order valence-electron chi connectivity index (χ3n) is 5.62. The number of nitrogens with zero attached hydrogens (tertiary/aromatic N) is 2. The summed E-state index contributed by atoms with van der Waals surface area (Å²) in [6, 6.07) is 10.7. The average molecular weight is 559 g/mol. The van der Waals surface area contributed by atoms with Crippen molar-refractivity contribution in [3.05, 3.63) is 60.3 Å². The summed E-state index contributed by atoms with van der Waals surface area (Å²) < 4.78 is 74.7. The summed E-state index contributed by atoms with van der Waals surface area (Å²) in [5.41, 5.74) is -0.908. The molecule has 1 fully saturated rings. The molecule has 16 heteroatoms. The summed E-state index contributed by atoms with van der Waals surface area (Å²) in [5.74, 6) is -1.61. The SMILES string of the molecule is NS(=O)(=O)c1ccc(-n2nc(C(F)(F)F)cc2-c2ccc(OC3O[C@@H](C(=O)O)[C@H](O)[C@@H](O)[C@@H]3O)cc2)cc1. The number of carbonyl (C=O) groups is 1. The van der Waals surface area contributed by atoms with Gasteiger partial charge in [-0.2, -0.15) is 18.3 Å². The van der Waals surface area contributed by atoms with E-state index in [0.717, 1.165) is 22.9 Å². The van der Waals surface area contributed by atoms with Gasteiger partial charge >= 0.3 is 12.1 Å². The first-order valence-electron chi connectivity index (χ1n) is 10.7. The quantitative estimate of drug-likeness (QED) is 0.283. The fraction of sp³-hybridized carbons (Fsp3) is 0.273. The van der Waals surface area contributed by atoms with E-state index in [4.69, 9.17) is 19.7 Å². The molecule has 0 radical (unpaired) electrons. The van der Waals surface area contributed by atoms with Crippen molar-refractivity contribution in [2.45, 2.75) is 41.8 Å². The van der Waals surface area contributed by atoms with Gasteiger partial charge in [0.1, 0.15) is 24.1 Å². The standard InChI is InChI=1S/C22H20F3N3O9S/c23-22(24,25)15-9-14(28(27-15)11-3-7-13(8-4-11)38(26,34)35)10-1-5-12(6-2-10)36-21-18(31)16(29)17(30)19(37-21)20(32)33/h1-9,16-19,21,29-31H,(H,32,33)(H2,26,34,35)/t16-,17-,18+,19-,21?/m1/s1. The second-order valence-electron chi connectivity index (χ2n) is 8.24. The van der Waals surface area contributed by atoms with Crippen LogP contribution in [0.1, 0.15) is 5.69 Å². The van der Waals surface area contributed by atoms with Crippen LogP contribution in [0.3, 0.4) is 0 Å². The van der Waals surface area contributed by atoms with E-state index in [1.807, 2.05) is 0 Å². The Balaban J connectivity index is 1.64. The number of hydrogen-bond acceptors (Lipinski definition) is 9. The maximum absolute atomic E-state index is 13.4. The predicted octanol–water partition coefficient (Wildman–Crippen LogP) is 0.476. The average Bonchev–Trinajstić information content (AvgIpc) is 3.30. The number of sulfonamides is 1. The van der Waals surface area contributed by atoms with E-state index >= 15 is 0 Å². The highest BCUT2D eigenvalue weighted by molar-refractivity contribution is 7.89. The van der Waals surface area contributed by atoms with Crippen molar-refractivity contribution >= 4 is 16.0 Å². The van der Waals surface area contributed by atoms with Crippen molar-refractivity contribution in [3.8, 4) is 22.7 Å². The second-order valence-corrected chi connectivity index (χ2v) is 9.80. The van der Waals surface area contributed by atoms with E-state index in [9.17, 15) is 41.7 Å². The molecule has 0 aliphatic carbocycles. The van der Waals surface area contributed by atoms with Crippen LogP contribution in [-0.4, -0.2) is 75.3 Å². The molecular formula is C22H20F3N3O9S. The van der Waals surface area contributed by atoms with Gasteiger partial charge in [-0.15, -0.1) is 0 Å². The lowest BCUT2D eigenvalue weighted by Gasteiger charge is -2.38. The van der Waals surface area contributed by atoms with Gasteiger partial charge in [-0.3, -0.25) is 0 Å². The number of halogens is 3. The van der Waals surface area contributed by atoms with E-state index in [1.165, 1.54) is 36.4 Å². The molecule has 6 N–H and O–H groups in total. The zero-order chi connectivity index (χ0) is 28.0. The Kier molecular flexibility index (Phi) is 7.21. The van der Waals surface area contributed by atoms with E-state index < -0.39 is 58.6 Å². The number of hydrogen-bond donors (Lipinski definition) is 5. The number of nitrogens with two attached hydrogens (primary N) is 1. The van der Waals surface area contributed by atoms with Crippen molar-refractivity contribution in [2.24, 2.45) is 5.14 Å². The van der Waals surface area contributed by atoms with Crippen LogP contribution in [0, 0.1) is 0 Å². The Morgan fingerprint density at radius 1 is 1.00 bits per heavy atom. The lowest BCUT2D eigenvalue weighted by molar-refractivity contribution is -0.271. The van der Waals surface area contributed by atoms with Crippen LogP contribution < -0.4 is 9.88 Å². The highest BCUT2D eigenvalue weighted by atomic mass is 32.2. The first-order chi connectivity index (χ1) is 17.7. The van der Waals surface area contributed by atoms with Gasteiger partial charge in [-0.25, -0.2) is 23.0 Å². The number of primary sulfonamides is 1. The lowest BCUT2D eigenvalue weighted by atomic mass is 9.99. The van der Waals surface area contributed by atoms with Crippen LogP contribution in [0.25, 0.3) is 16.9 Å². The first kappa shape index (κ1) is 27.5. The monoisotopic (exact) mass is 559 g/mol. The zero-order valence-electron chi connectivity index (χ0n) is 18.9. The topological polar surface area (TPSA) is 194 Å². The van der Waals surface area contributed by atoms with Crippen molar-refractivity contribution in [1.29, 1.82) is 0 Å². The summed E-state index contributed by atoms with van der Waals surface area (Å²) in [6.45, 7) is 0. The largest absolute Gasteiger partial charge is 0.479 e. The van der Waals surface area contributed by atoms with Crippen molar-refractivity contribution in [2.75, 3.05) is 0 Å². The molecule has 0 spiro atoms. The number of benzene rings is 2. The molecule has 0 saturated carbocycles. The summed E-state index contributed by atoms with van der Waals surface area (Å²) in [7, 11) is -4.03. The number of aromatic nitrogens is 2. The summed E-state index contributed by atoms with van der Waals surface area (Å²) >= 11 is 0. The van der Waals surface area contributed by atoms with Crippen LogP contribution in [0.15, 0.2) is 59.5 Å². The van der Waals surface area contributed by atoms with E-state index in [2.05, 4.69) is 5.10 Å². The van der Waals surface area contributed by atoms with E-state index in [0.29, 0.717) is 0 Å². The third-order valence-corrected chi connectivity index (χ3v) is 6.55. The van der Waals surface area contributed by atoms with Gasteiger partial charge in [0.05, 0.1) is 16.3 Å². The molecule has 0 bridgehead atoms. The molecule has 3 aromatic rings. The third kappa shape index (κ3) is 5.50. The molecule has 204 valence electrons. The molecule has 1 aliphatic rings. The Morgan fingerprint density at radius 3 is 2.13 bits per heavy atom. The van der Waals surface area contributed by atoms with Gasteiger partial charge in [-0.1, -0.05) is 0 Å². The van der Waals surface area contributed by atoms with Crippen LogP contribution in [0.4, 0.5) is 13.2 Å². The van der Waals surface area contributed by atoms with E-state index in [1.54, 1.807) is 0 Å². The minimum atomic E-state index is -4.79. The minimum absolute atomic E-state index is 0.00913. The fourth-order valence-electron chi connectivity index (χ4n) is 3.69. The number of ether oxygens (including phenoxy) is 2. The predicted molar refractivity (Wildman–Crippen MR) is 120 cm³/mol. The van der Waals surface area contributed by atoms with Gasteiger partial charge in [0.15, 0.2) is 11.8 Å². The van der Waals surface area contributed by atoms with Crippen molar-refractivity contribution in [3.63, 3.8) is 0 Å². The Labute approximate surface area is 212 Å². The van der Waals surface area contributed by atoms with Crippen LogP contribution >= 0.6 is 0 Å². The summed E-state index contributed by atoms with van der Waals surface area (Å²) in [6.07, 6.45) is -14.0. The number of carboxylic acid groups (broad SMARTS) is 1. The number of alkyl halides is 3. The normalized spacial score (nSPS) is 24.2. The fourth-order valence-corrected chi connectivity index (χ4v) is 4.20. The second kappa shape index (κ2) is 9.97. The number of aliphatic hydroxyl groups is 3. The van der Waals surface area contributed by atoms with Gasteiger partial charge in [0.25, 0.3) is 0 Å². The Bertz CT molecular complexity index is 1430. The highest BCUT2D eigenvalue weighted by Gasteiger charge is 2.48. The van der Waals surface area contributed by atoms with Crippen LogP contribution in [-0.2, 0) is 25.7 Å². The number of aliphatic carboxylic acids is 1. The van der Waals surface area contributed by atoms with E-state index in [-0.39, 0.29) is 27.6 Å². The molecule has 1 aromatic heterocycles. The van der Waals surface area contributed by atoms with Crippen molar-refractivity contribution in [1.82, 2.24) is 9.78 Å². The molecule has 2 heterocycles. The molecule has 12 nitrogen and oxygen atoms in total. The molecule has 38 heavy (non-hydrogen) atoms. The molecule has 5 atom stereocenters. The molecule has 1 unspecified atom stereocenters. The molecule has 0 amide bonds. The van der Waals surface area contributed by atoms with Crippen LogP contribution in [0.5, 0.6) is 5.75 Å².